The van der Waals surface area contributed by atoms with Crippen molar-refractivity contribution in [3.05, 3.63) is 24.3 Å². The predicted octanol–water partition coefficient (Wildman–Crippen LogP) is 7.37. The van der Waals surface area contributed by atoms with Crippen molar-refractivity contribution in [2.45, 2.75) is 148 Å². The Morgan fingerprint density at radius 1 is 0.920 bits per heavy atom. The molecule has 7 aliphatic rings. The van der Waals surface area contributed by atoms with Crippen LogP contribution in [-0.4, -0.2) is 70.5 Å². The van der Waals surface area contributed by atoms with Crippen LogP contribution in [-0.2, 0) is 9.47 Å². The van der Waals surface area contributed by atoms with Gasteiger partial charge in [-0.05, 0) is 117 Å². The number of urea groups is 1. The normalized spacial score (nSPS) is 44.0. The van der Waals surface area contributed by atoms with Gasteiger partial charge in [-0.1, -0.05) is 47.0 Å². The van der Waals surface area contributed by atoms with E-state index in [1.165, 1.54) is 63.8 Å². The van der Waals surface area contributed by atoms with Crippen LogP contribution in [0.4, 0.5) is 4.79 Å². The summed E-state index contributed by atoms with van der Waals surface area (Å²) in [5.41, 5.74) is 1.01. The first-order valence-corrected chi connectivity index (χ1v) is 20.5. The second kappa shape index (κ2) is 13.6. The van der Waals surface area contributed by atoms with Gasteiger partial charge in [0, 0.05) is 49.9 Å². The van der Waals surface area contributed by atoms with E-state index >= 15 is 0 Å². The number of hydrogen-bond donors (Lipinski definition) is 2. The van der Waals surface area contributed by atoms with E-state index in [4.69, 9.17) is 9.47 Å². The van der Waals surface area contributed by atoms with Crippen molar-refractivity contribution in [1.82, 2.24) is 25.5 Å². The molecule has 1 aromatic rings. The van der Waals surface area contributed by atoms with Crippen molar-refractivity contribution < 1.29 is 19.1 Å². The maximum Gasteiger partial charge on any atom is 0.317 e. The molecule has 9 nitrogen and oxygen atoms in total. The molecule has 5 aliphatic carbocycles. The maximum absolute atomic E-state index is 14.0. The fourth-order valence-corrected chi connectivity index (χ4v) is 13.3. The quantitative estimate of drug-likeness (QED) is 0.323. The third kappa shape index (κ3) is 5.98. The number of amides is 3. The van der Waals surface area contributed by atoms with E-state index in [1.54, 1.807) is 6.20 Å². The number of nitrogens with one attached hydrogen (secondary N) is 2. The van der Waals surface area contributed by atoms with E-state index in [0.717, 1.165) is 69.3 Å². The Morgan fingerprint density at radius 2 is 1.74 bits per heavy atom. The van der Waals surface area contributed by atoms with Gasteiger partial charge in [0.05, 0.1) is 18.9 Å². The molecule has 0 aromatic carbocycles. The summed E-state index contributed by atoms with van der Waals surface area (Å²) in [5, 5.41) is 6.51. The highest BCUT2D eigenvalue weighted by molar-refractivity contribution is 5.91. The van der Waals surface area contributed by atoms with Crippen molar-refractivity contribution in [1.29, 1.82) is 0 Å². The zero-order valence-corrected chi connectivity index (χ0v) is 31.2. The van der Waals surface area contributed by atoms with Gasteiger partial charge in [-0.2, -0.15) is 0 Å². The molecule has 5 saturated carbocycles. The van der Waals surface area contributed by atoms with Crippen LogP contribution in [0.5, 0.6) is 0 Å². The van der Waals surface area contributed by atoms with Crippen molar-refractivity contribution in [3.8, 4) is 0 Å². The summed E-state index contributed by atoms with van der Waals surface area (Å²) in [6, 6.07) is 0.515. The Kier molecular flexibility index (Phi) is 9.48. The van der Waals surface area contributed by atoms with Crippen LogP contribution < -0.4 is 10.6 Å². The molecule has 7 fully saturated rings. The SMILES string of the molecule is C[C@H]1CC[C@@]2(OC1)O[C@H]1C[C@H]3[C@@H]4CC[C@@H]5C[C@H](NC(=O)N(CCNC(=O)c6cnccn6)C6CCCCC6)CC[C@]5(C)[C@H]4CC[C@]3(C)[C@H]1[C@@H]2C. The fraction of sp³-hybridized carbons (Fsp3) is 0.854. The lowest BCUT2D eigenvalue weighted by Crippen LogP contribution is -2.57. The molecule has 2 N–H and O–H groups in total. The first-order valence-electron chi connectivity index (χ1n) is 20.5. The van der Waals surface area contributed by atoms with E-state index in [1.807, 2.05) is 4.90 Å². The number of aromatic nitrogens is 2. The van der Waals surface area contributed by atoms with E-state index in [2.05, 4.69) is 48.3 Å². The van der Waals surface area contributed by atoms with Crippen molar-refractivity contribution in [2.24, 2.45) is 52.3 Å². The summed E-state index contributed by atoms with van der Waals surface area (Å²) in [4.78, 5) is 36.8. The van der Waals surface area contributed by atoms with Crippen molar-refractivity contribution >= 4 is 11.9 Å². The smallest absolute Gasteiger partial charge is 0.317 e. The Hall–Kier alpha value is -2.26. The van der Waals surface area contributed by atoms with Gasteiger partial charge < -0.3 is 25.0 Å². The van der Waals surface area contributed by atoms with Gasteiger partial charge in [-0.15, -0.1) is 0 Å². The molecule has 50 heavy (non-hydrogen) atoms. The highest BCUT2D eigenvalue weighted by Crippen LogP contribution is 2.71. The molecular weight excluding hydrogens is 626 g/mol. The molecule has 8 rings (SSSR count). The largest absolute Gasteiger partial charge is 0.349 e. The van der Waals surface area contributed by atoms with E-state index in [0.29, 0.717) is 59.4 Å². The molecule has 1 aromatic heterocycles. The highest BCUT2D eigenvalue weighted by Gasteiger charge is 2.69. The Bertz CT molecular complexity index is 1380. The third-order valence-corrected chi connectivity index (χ3v) is 16.0. The number of carbonyl (C=O) groups is 2. The molecule has 9 heteroatoms. The van der Waals surface area contributed by atoms with Crippen LogP contribution in [0, 0.1) is 52.3 Å². The molecule has 0 radical (unpaired) electrons. The molecule has 2 aliphatic heterocycles. The first-order chi connectivity index (χ1) is 24.1. The van der Waals surface area contributed by atoms with Gasteiger partial charge in [-0.3, -0.25) is 9.78 Å². The van der Waals surface area contributed by atoms with Crippen molar-refractivity contribution in [2.75, 3.05) is 19.7 Å². The average molecular weight is 690 g/mol. The van der Waals surface area contributed by atoms with Gasteiger partial charge in [-0.25, -0.2) is 9.78 Å². The lowest BCUT2D eigenvalue weighted by Gasteiger charge is -2.61. The Morgan fingerprint density at radius 3 is 2.50 bits per heavy atom. The molecule has 3 heterocycles. The molecular formula is C41H63N5O4. The molecule has 0 unspecified atom stereocenters. The van der Waals surface area contributed by atoms with Crippen LogP contribution in [0.15, 0.2) is 18.6 Å². The minimum Gasteiger partial charge on any atom is -0.349 e. The van der Waals surface area contributed by atoms with Gasteiger partial charge in [0.1, 0.15) is 5.69 Å². The highest BCUT2D eigenvalue weighted by atomic mass is 16.7. The van der Waals surface area contributed by atoms with E-state index in [9.17, 15) is 9.59 Å². The standard InChI is InChI=1S/C41H63N5O4/c1-26-12-17-41(49-25-26)27(2)36-35(50-41)23-33-31-11-10-28-22-29(13-15-39(28,3)32(31)14-16-40(33,36)4)45-38(48)46(30-8-6-5-7-9-30)21-20-44-37(47)34-24-42-18-19-43-34/h18-19,24,26-33,35-36H,5-17,20-23,25H2,1-4H3,(H,44,47)(H,45,48)/t26-,27-,28+,29+,31+,32-,33-,35-,36-,39-,40-,41+/m0/s1. The van der Waals surface area contributed by atoms with Crippen LogP contribution >= 0.6 is 0 Å². The number of nitrogens with zero attached hydrogens (tertiary/aromatic N) is 3. The summed E-state index contributed by atoms with van der Waals surface area (Å²) in [5.74, 6) is 4.15. The first kappa shape index (κ1) is 34.8. The lowest BCUT2D eigenvalue weighted by atomic mass is 9.44. The second-order valence-corrected chi connectivity index (χ2v) is 18.4. The second-order valence-electron chi connectivity index (χ2n) is 18.4. The maximum atomic E-state index is 14.0. The number of rotatable bonds is 6. The van der Waals surface area contributed by atoms with Gasteiger partial charge >= 0.3 is 6.03 Å². The van der Waals surface area contributed by atoms with Crippen LogP contribution in [0.25, 0.3) is 0 Å². The summed E-state index contributed by atoms with van der Waals surface area (Å²) in [7, 11) is 0. The lowest BCUT2D eigenvalue weighted by molar-refractivity contribution is -0.273. The van der Waals surface area contributed by atoms with Crippen LogP contribution in [0.1, 0.15) is 134 Å². The molecule has 276 valence electrons. The minimum atomic E-state index is -0.336. The van der Waals surface area contributed by atoms with E-state index < -0.39 is 0 Å². The molecule has 12 atom stereocenters. The van der Waals surface area contributed by atoms with Gasteiger partial charge in [0.2, 0.25) is 0 Å². The number of hydrogen-bond acceptors (Lipinski definition) is 6. The molecule has 3 amide bonds. The Balaban J connectivity index is 0.893. The average Bonchev–Trinajstić information content (AvgIpc) is 3.57. The fourth-order valence-electron chi connectivity index (χ4n) is 13.3. The van der Waals surface area contributed by atoms with Crippen molar-refractivity contribution in [3.63, 3.8) is 0 Å². The number of fused-ring (bicyclic) bond motifs is 7. The number of carbonyl (C=O) groups excluding carboxylic acids is 2. The molecule has 2 saturated heterocycles. The zero-order valence-electron chi connectivity index (χ0n) is 31.2. The third-order valence-electron chi connectivity index (χ3n) is 16.0. The summed E-state index contributed by atoms with van der Waals surface area (Å²) < 4.78 is 13.6. The zero-order chi connectivity index (χ0) is 34.7. The van der Waals surface area contributed by atoms with Crippen LogP contribution in [0.2, 0.25) is 0 Å². The Labute approximate surface area is 300 Å². The summed E-state index contributed by atoms with van der Waals surface area (Å²) in [6.45, 7) is 11.8. The van der Waals surface area contributed by atoms with Gasteiger partial charge in [0.15, 0.2) is 5.79 Å². The minimum absolute atomic E-state index is 0.0576. The molecule has 0 bridgehead atoms. The number of ether oxygens (including phenoxy) is 2. The summed E-state index contributed by atoms with van der Waals surface area (Å²) >= 11 is 0. The van der Waals surface area contributed by atoms with Crippen LogP contribution in [0.3, 0.4) is 0 Å². The topological polar surface area (TPSA) is 106 Å². The summed E-state index contributed by atoms with van der Waals surface area (Å²) in [6.07, 6.45) is 22.7. The monoisotopic (exact) mass is 689 g/mol. The molecule has 1 spiro atoms. The predicted molar refractivity (Wildman–Crippen MR) is 192 cm³/mol. The van der Waals surface area contributed by atoms with Gasteiger partial charge in [0.25, 0.3) is 5.91 Å². The van der Waals surface area contributed by atoms with E-state index in [-0.39, 0.29) is 29.8 Å².